The minimum absolute atomic E-state index is 0.171. The first kappa shape index (κ1) is 17.2. The van der Waals surface area contributed by atoms with Gasteiger partial charge in [0.2, 0.25) is 6.10 Å². The zero-order chi connectivity index (χ0) is 15.3. The third-order valence-electron chi connectivity index (χ3n) is 3.39. The standard InChI is InChI=1S/C14H22N4O3/c15-18-17-10-8-6-4-2-1-3-5-7-9-12(19)13-14(20)16-11-21-13/h11,13H,1-10H2. The molecule has 0 bridgehead atoms. The van der Waals surface area contributed by atoms with Gasteiger partial charge in [0.25, 0.3) is 5.91 Å². The van der Waals surface area contributed by atoms with Crippen LogP contribution in [0.4, 0.5) is 0 Å². The maximum Gasteiger partial charge on any atom is 0.297 e. The number of Topliss-reactive ketones (excluding diaryl/α,β-unsaturated/α-hetero) is 1. The number of carbonyl (C=O) groups is 2. The van der Waals surface area contributed by atoms with Crippen LogP contribution in [0.5, 0.6) is 0 Å². The molecule has 0 spiro atoms. The predicted octanol–water partition coefficient (Wildman–Crippen LogP) is 3.33. The summed E-state index contributed by atoms with van der Waals surface area (Å²) >= 11 is 0. The smallest absolute Gasteiger partial charge is 0.297 e. The van der Waals surface area contributed by atoms with Crippen LogP contribution in [-0.4, -0.2) is 30.7 Å². The number of unbranched alkanes of at least 4 members (excludes halogenated alkanes) is 7. The Kier molecular flexibility index (Phi) is 8.88. The highest BCUT2D eigenvalue weighted by molar-refractivity contribution is 6.09. The monoisotopic (exact) mass is 294 g/mol. The van der Waals surface area contributed by atoms with Crippen molar-refractivity contribution in [3.05, 3.63) is 10.4 Å². The Morgan fingerprint density at radius 2 is 1.81 bits per heavy atom. The number of ether oxygens (including phenoxy) is 1. The summed E-state index contributed by atoms with van der Waals surface area (Å²) in [4.78, 5) is 28.9. The fraction of sp³-hybridized carbons (Fsp3) is 0.786. The highest BCUT2D eigenvalue weighted by Gasteiger charge is 2.30. The molecule has 7 heteroatoms. The number of aliphatic imine (C=N–C) groups is 1. The van der Waals surface area contributed by atoms with Crippen molar-refractivity contribution in [2.24, 2.45) is 10.1 Å². The first-order valence-corrected chi connectivity index (χ1v) is 7.51. The van der Waals surface area contributed by atoms with E-state index in [0.717, 1.165) is 51.3 Å². The molecule has 0 fully saturated rings. The number of ketones is 1. The Bertz CT molecular complexity index is 416. The molecular weight excluding hydrogens is 272 g/mol. The van der Waals surface area contributed by atoms with E-state index in [-0.39, 0.29) is 5.78 Å². The van der Waals surface area contributed by atoms with Crippen molar-refractivity contribution in [3.8, 4) is 0 Å². The van der Waals surface area contributed by atoms with Crippen LogP contribution in [0.15, 0.2) is 10.1 Å². The van der Waals surface area contributed by atoms with Crippen molar-refractivity contribution in [3.63, 3.8) is 0 Å². The van der Waals surface area contributed by atoms with Crippen molar-refractivity contribution >= 4 is 18.1 Å². The summed E-state index contributed by atoms with van der Waals surface area (Å²) in [5, 5.41) is 3.49. The van der Waals surface area contributed by atoms with E-state index in [2.05, 4.69) is 15.0 Å². The van der Waals surface area contributed by atoms with Crippen molar-refractivity contribution in [2.45, 2.75) is 63.9 Å². The minimum Gasteiger partial charge on any atom is -0.462 e. The van der Waals surface area contributed by atoms with E-state index < -0.39 is 12.0 Å². The van der Waals surface area contributed by atoms with Crippen LogP contribution in [0, 0.1) is 0 Å². The van der Waals surface area contributed by atoms with Crippen molar-refractivity contribution < 1.29 is 14.3 Å². The first-order chi connectivity index (χ1) is 10.3. The van der Waals surface area contributed by atoms with Crippen LogP contribution in [0.1, 0.15) is 57.8 Å². The van der Waals surface area contributed by atoms with Crippen molar-refractivity contribution in [1.29, 1.82) is 0 Å². The van der Waals surface area contributed by atoms with E-state index in [0.29, 0.717) is 13.0 Å². The summed E-state index contributed by atoms with van der Waals surface area (Å²) in [5.41, 5.74) is 8.11. The molecule has 0 saturated heterocycles. The van der Waals surface area contributed by atoms with Crippen LogP contribution >= 0.6 is 0 Å². The van der Waals surface area contributed by atoms with Crippen LogP contribution in [-0.2, 0) is 14.3 Å². The summed E-state index contributed by atoms with van der Waals surface area (Å²) < 4.78 is 4.86. The maximum absolute atomic E-state index is 11.7. The number of hydrogen-bond donors (Lipinski definition) is 0. The van der Waals surface area contributed by atoms with Gasteiger partial charge in [0.05, 0.1) is 0 Å². The van der Waals surface area contributed by atoms with Gasteiger partial charge in [-0.2, -0.15) is 4.99 Å². The molecule has 1 amide bonds. The Hall–Kier alpha value is -1.88. The highest BCUT2D eigenvalue weighted by atomic mass is 16.5. The zero-order valence-corrected chi connectivity index (χ0v) is 12.2. The van der Waals surface area contributed by atoms with E-state index >= 15 is 0 Å². The topological polar surface area (TPSA) is 104 Å². The molecule has 0 aromatic heterocycles. The average Bonchev–Trinajstić information content (AvgIpc) is 2.91. The fourth-order valence-corrected chi connectivity index (χ4v) is 2.20. The van der Waals surface area contributed by atoms with Gasteiger partial charge in [-0.15, -0.1) is 0 Å². The Morgan fingerprint density at radius 1 is 1.19 bits per heavy atom. The summed E-state index contributed by atoms with van der Waals surface area (Å²) in [7, 11) is 0. The molecule has 1 atom stereocenters. The molecule has 0 radical (unpaired) electrons. The van der Waals surface area contributed by atoms with E-state index in [1.54, 1.807) is 0 Å². The normalized spacial score (nSPS) is 16.6. The molecule has 0 aromatic rings. The zero-order valence-electron chi connectivity index (χ0n) is 12.2. The van der Waals surface area contributed by atoms with Crippen molar-refractivity contribution in [1.82, 2.24) is 0 Å². The van der Waals surface area contributed by atoms with Gasteiger partial charge < -0.3 is 4.74 Å². The van der Waals surface area contributed by atoms with Crippen LogP contribution in [0.3, 0.4) is 0 Å². The number of carbonyl (C=O) groups excluding carboxylic acids is 2. The molecular formula is C14H22N4O3. The summed E-state index contributed by atoms with van der Waals surface area (Å²) in [6.45, 7) is 0.588. The summed E-state index contributed by atoms with van der Waals surface area (Å²) in [6.07, 6.45) is 8.85. The number of rotatable bonds is 12. The summed E-state index contributed by atoms with van der Waals surface area (Å²) in [6, 6.07) is 0. The van der Waals surface area contributed by atoms with Crippen LogP contribution in [0.25, 0.3) is 10.4 Å². The van der Waals surface area contributed by atoms with E-state index in [1.807, 2.05) is 0 Å². The Morgan fingerprint density at radius 3 is 2.38 bits per heavy atom. The van der Waals surface area contributed by atoms with Gasteiger partial charge in [-0.05, 0) is 18.4 Å². The Labute approximate surface area is 124 Å². The first-order valence-electron chi connectivity index (χ1n) is 7.51. The molecule has 0 saturated carbocycles. The lowest BCUT2D eigenvalue weighted by molar-refractivity contribution is -0.134. The highest BCUT2D eigenvalue weighted by Crippen LogP contribution is 2.12. The number of azide groups is 1. The maximum atomic E-state index is 11.7. The lowest BCUT2D eigenvalue weighted by Gasteiger charge is -2.06. The Balaban J connectivity index is 1.87. The minimum atomic E-state index is -0.985. The van der Waals surface area contributed by atoms with E-state index in [9.17, 15) is 9.59 Å². The molecule has 1 unspecified atom stereocenters. The largest absolute Gasteiger partial charge is 0.462 e. The molecule has 0 N–H and O–H groups in total. The van der Waals surface area contributed by atoms with Gasteiger partial charge in [0.1, 0.15) is 0 Å². The molecule has 116 valence electrons. The molecule has 1 heterocycles. The number of hydrogen-bond acceptors (Lipinski definition) is 4. The van der Waals surface area contributed by atoms with Crippen LogP contribution in [0.2, 0.25) is 0 Å². The summed E-state index contributed by atoms with van der Waals surface area (Å²) in [5.74, 6) is -0.656. The third-order valence-corrected chi connectivity index (χ3v) is 3.39. The molecule has 0 aliphatic carbocycles. The SMILES string of the molecule is [N-]=[N+]=NCCCCCCCCCCC(=O)C1OC=NC1=O. The van der Waals surface area contributed by atoms with E-state index in [1.165, 1.54) is 6.42 Å². The molecule has 1 aliphatic heterocycles. The molecule has 21 heavy (non-hydrogen) atoms. The molecule has 1 rings (SSSR count). The van der Waals surface area contributed by atoms with Gasteiger partial charge in [0.15, 0.2) is 12.2 Å². The lowest BCUT2D eigenvalue weighted by atomic mass is 10.0. The number of nitrogens with zero attached hydrogens (tertiary/aromatic N) is 4. The van der Waals surface area contributed by atoms with Gasteiger partial charge in [-0.1, -0.05) is 43.6 Å². The lowest BCUT2D eigenvalue weighted by Crippen LogP contribution is -2.27. The third kappa shape index (κ3) is 7.46. The van der Waals surface area contributed by atoms with Gasteiger partial charge in [-0.3, -0.25) is 9.59 Å². The molecule has 0 aromatic carbocycles. The van der Waals surface area contributed by atoms with Crippen LogP contribution < -0.4 is 0 Å². The van der Waals surface area contributed by atoms with Gasteiger partial charge in [-0.25, -0.2) is 0 Å². The average molecular weight is 294 g/mol. The molecule has 1 aliphatic rings. The fourth-order valence-electron chi connectivity index (χ4n) is 2.20. The predicted molar refractivity (Wildman–Crippen MR) is 78.9 cm³/mol. The van der Waals surface area contributed by atoms with Gasteiger partial charge in [0, 0.05) is 17.9 Å². The van der Waals surface area contributed by atoms with Crippen molar-refractivity contribution in [2.75, 3.05) is 6.54 Å². The second kappa shape index (κ2) is 10.9. The molecule has 7 nitrogen and oxygen atoms in total. The quantitative estimate of drug-likeness (QED) is 0.181. The second-order valence-corrected chi connectivity index (χ2v) is 5.09. The number of amides is 1. The van der Waals surface area contributed by atoms with E-state index in [4.69, 9.17) is 10.3 Å². The van der Waals surface area contributed by atoms with Gasteiger partial charge >= 0.3 is 0 Å². The second-order valence-electron chi connectivity index (χ2n) is 5.09.